The van der Waals surface area contributed by atoms with E-state index in [1.165, 1.54) is 23.5 Å². The molecule has 1 amide bonds. The summed E-state index contributed by atoms with van der Waals surface area (Å²) < 4.78 is 27.4. The van der Waals surface area contributed by atoms with Crippen molar-refractivity contribution in [3.8, 4) is 11.1 Å². The molecule has 1 heterocycles. The van der Waals surface area contributed by atoms with Crippen LogP contribution in [-0.4, -0.2) is 22.0 Å². The van der Waals surface area contributed by atoms with Crippen molar-refractivity contribution >= 4 is 45.0 Å². The first kappa shape index (κ1) is 19.7. The Morgan fingerprint density at radius 3 is 2.23 bits per heavy atom. The number of amides is 1. The molecule has 3 rings (SSSR count). The van der Waals surface area contributed by atoms with E-state index in [1.54, 1.807) is 12.1 Å². The van der Waals surface area contributed by atoms with E-state index < -0.39 is 23.5 Å². The Bertz CT molecular complexity index is 967. The van der Waals surface area contributed by atoms with Crippen LogP contribution in [0.4, 0.5) is 8.78 Å². The number of nitrogens with two attached hydrogens (primary N) is 1. The van der Waals surface area contributed by atoms with E-state index in [1.807, 2.05) is 0 Å². The van der Waals surface area contributed by atoms with Crippen LogP contribution in [0.3, 0.4) is 0 Å². The molecular formula is C17H13ClF2N2O3S. The number of carboxylic acid groups (broad SMARTS) is 1. The van der Waals surface area contributed by atoms with E-state index in [2.05, 4.69) is 4.98 Å². The Morgan fingerprint density at radius 2 is 1.69 bits per heavy atom. The summed E-state index contributed by atoms with van der Waals surface area (Å²) in [4.78, 5) is 24.2. The fraction of sp³-hybridized carbons (Fsp3) is 0.118. The Labute approximate surface area is 156 Å². The number of thiazole rings is 1. The molecule has 0 aliphatic rings. The van der Waals surface area contributed by atoms with Crippen molar-refractivity contribution in [2.45, 2.75) is 13.3 Å². The van der Waals surface area contributed by atoms with Gasteiger partial charge in [-0.1, -0.05) is 11.6 Å². The van der Waals surface area contributed by atoms with E-state index in [9.17, 15) is 13.6 Å². The van der Waals surface area contributed by atoms with Crippen molar-refractivity contribution in [3.05, 3.63) is 52.0 Å². The smallest absolute Gasteiger partial charge is 0.300 e. The standard InChI is InChI=1S/C15H9ClF2N2OS.C2H4O2/c16-11-3-8(7-1-9(17)5-10(18)2-7)4-12-15(11)20-14(22-12)6-13(19)21;1-2(3)4/h1-5H,6H2,(H2,19,21);1H3,(H,3,4). The van der Waals surface area contributed by atoms with E-state index in [0.29, 0.717) is 26.7 Å². The molecule has 0 aliphatic heterocycles. The Morgan fingerprint density at radius 1 is 1.15 bits per heavy atom. The summed E-state index contributed by atoms with van der Waals surface area (Å²) in [7, 11) is 0. The van der Waals surface area contributed by atoms with Crippen LogP contribution in [0.1, 0.15) is 11.9 Å². The number of benzene rings is 2. The molecule has 3 N–H and O–H groups in total. The van der Waals surface area contributed by atoms with Gasteiger partial charge in [-0.3, -0.25) is 9.59 Å². The second-order valence-corrected chi connectivity index (χ2v) is 6.76. The number of halogens is 3. The number of fused-ring (bicyclic) bond motifs is 1. The normalized spacial score (nSPS) is 10.3. The van der Waals surface area contributed by atoms with Gasteiger partial charge in [-0.15, -0.1) is 11.3 Å². The largest absolute Gasteiger partial charge is 0.481 e. The number of carbonyl (C=O) groups excluding carboxylic acids is 1. The zero-order valence-electron chi connectivity index (χ0n) is 13.4. The lowest BCUT2D eigenvalue weighted by atomic mass is 10.1. The van der Waals surface area contributed by atoms with E-state index in [-0.39, 0.29) is 6.42 Å². The van der Waals surface area contributed by atoms with Crippen LogP contribution in [0.25, 0.3) is 21.3 Å². The molecule has 9 heteroatoms. The lowest BCUT2D eigenvalue weighted by Crippen LogP contribution is -2.13. The Balaban J connectivity index is 0.000000552. The zero-order valence-corrected chi connectivity index (χ0v) is 15.0. The van der Waals surface area contributed by atoms with Crippen LogP contribution in [0, 0.1) is 11.6 Å². The number of carboxylic acids is 1. The third-order valence-corrected chi connectivity index (χ3v) is 4.30. The predicted octanol–water partition coefficient (Wildman–Crippen LogP) is 4.01. The first-order valence-corrected chi connectivity index (χ1v) is 8.38. The van der Waals surface area contributed by atoms with Crippen LogP contribution in [0.5, 0.6) is 0 Å². The van der Waals surface area contributed by atoms with Gasteiger partial charge < -0.3 is 10.8 Å². The first-order chi connectivity index (χ1) is 12.2. The van der Waals surface area contributed by atoms with Crippen LogP contribution < -0.4 is 5.73 Å². The Hall–Kier alpha value is -2.58. The molecule has 0 aliphatic carbocycles. The highest BCUT2D eigenvalue weighted by atomic mass is 35.5. The van der Waals surface area contributed by atoms with Crippen LogP contribution in [0.2, 0.25) is 5.02 Å². The topological polar surface area (TPSA) is 93.3 Å². The SMILES string of the molecule is CC(=O)O.NC(=O)Cc1nc2c(Cl)cc(-c3cc(F)cc(F)c3)cc2s1. The van der Waals surface area contributed by atoms with Gasteiger partial charge in [-0.25, -0.2) is 13.8 Å². The highest BCUT2D eigenvalue weighted by molar-refractivity contribution is 7.18. The lowest BCUT2D eigenvalue weighted by Gasteiger charge is -2.04. The van der Waals surface area contributed by atoms with Gasteiger partial charge in [0, 0.05) is 13.0 Å². The molecule has 5 nitrogen and oxygen atoms in total. The van der Waals surface area contributed by atoms with Crippen molar-refractivity contribution in [1.29, 1.82) is 0 Å². The average molecular weight is 399 g/mol. The van der Waals surface area contributed by atoms with Gasteiger partial charge in [0.05, 0.1) is 16.1 Å². The van der Waals surface area contributed by atoms with Gasteiger partial charge in [-0.05, 0) is 35.4 Å². The number of primary amides is 1. The number of hydrogen-bond donors (Lipinski definition) is 2. The van der Waals surface area contributed by atoms with Gasteiger partial charge in [0.2, 0.25) is 5.91 Å². The highest BCUT2D eigenvalue weighted by Gasteiger charge is 2.12. The van der Waals surface area contributed by atoms with E-state index >= 15 is 0 Å². The molecule has 3 aromatic rings. The molecule has 0 atom stereocenters. The first-order valence-electron chi connectivity index (χ1n) is 7.19. The molecule has 26 heavy (non-hydrogen) atoms. The summed E-state index contributed by atoms with van der Waals surface area (Å²) >= 11 is 7.46. The molecule has 1 aromatic heterocycles. The fourth-order valence-corrected chi connectivity index (χ4v) is 3.51. The Kier molecular flexibility index (Phi) is 6.23. The van der Waals surface area contributed by atoms with Crippen molar-refractivity contribution in [3.63, 3.8) is 0 Å². The van der Waals surface area contributed by atoms with Gasteiger partial charge in [0.1, 0.15) is 22.2 Å². The molecule has 136 valence electrons. The second kappa shape index (κ2) is 8.20. The summed E-state index contributed by atoms with van der Waals surface area (Å²) in [5.74, 6) is -2.64. The zero-order chi connectivity index (χ0) is 19.4. The molecule has 0 unspecified atom stereocenters. The summed E-state index contributed by atoms with van der Waals surface area (Å²) in [6.07, 6.45) is 0.0274. The summed E-state index contributed by atoms with van der Waals surface area (Å²) in [5, 5.41) is 8.32. The van der Waals surface area contributed by atoms with Crippen LogP contribution in [-0.2, 0) is 16.0 Å². The minimum Gasteiger partial charge on any atom is -0.481 e. The highest BCUT2D eigenvalue weighted by Crippen LogP contribution is 2.34. The number of rotatable bonds is 3. The van der Waals surface area contributed by atoms with E-state index in [0.717, 1.165) is 17.7 Å². The van der Waals surface area contributed by atoms with Crippen molar-refractivity contribution in [2.24, 2.45) is 5.73 Å². The molecule has 0 bridgehead atoms. The number of aromatic nitrogens is 1. The third kappa shape index (κ3) is 5.21. The number of hydrogen-bond acceptors (Lipinski definition) is 4. The molecule has 0 radical (unpaired) electrons. The maximum atomic E-state index is 13.3. The minimum atomic E-state index is -0.833. The third-order valence-electron chi connectivity index (χ3n) is 3.01. The van der Waals surface area contributed by atoms with Gasteiger partial charge in [-0.2, -0.15) is 0 Å². The average Bonchev–Trinajstić information content (AvgIpc) is 2.87. The van der Waals surface area contributed by atoms with Crippen molar-refractivity contribution < 1.29 is 23.5 Å². The number of aliphatic carboxylic acids is 1. The van der Waals surface area contributed by atoms with Crippen LogP contribution >= 0.6 is 22.9 Å². The fourth-order valence-electron chi connectivity index (χ4n) is 2.15. The van der Waals surface area contributed by atoms with Crippen molar-refractivity contribution in [2.75, 3.05) is 0 Å². The molecular weight excluding hydrogens is 386 g/mol. The van der Waals surface area contributed by atoms with Crippen LogP contribution in [0.15, 0.2) is 30.3 Å². The molecule has 0 fully saturated rings. The molecule has 0 saturated heterocycles. The molecule has 2 aromatic carbocycles. The summed E-state index contributed by atoms with van der Waals surface area (Å²) in [6.45, 7) is 1.08. The monoisotopic (exact) mass is 398 g/mol. The summed E-state index contributed by atoms with van der Waals surface area (Å²) in [6, 6.07) is 6.59. The van der Waals surface area contributed by atoms with Crippen molar-refractivity contribution in [1.82, 2.24) is 4.98 Å². The second-order valence-electron chi connectivity index (χ2n) is 5.23. The number of carbonyl (C=O) groups is 2. The lowest BCUT2D eigenvalue weighted by molar-refractivity contribution is -0.134. The molecule has 0 saturated carbocycles. The van der Waals surface area contributed by atoms with E-state index in [4.69, 9.17) is 27.2 Å². The summed E-state index contributed by atoms with van der Waals surface area (Å²) in [5.41, 5.74) is 6.65. The predicted molar refractivity (Wildman–Crippen MR) is 96.2 cm³/mol. The minimum absolute atomic E-state index is 0.0274. The maximum absolute atomic E-state index is 13.3. The van der Waals surface area contributed by atoms with Gasteiger partial charge >= 0.3 is 0 Å². The maximum Gasteiger partial charge on any atom is 0.300 e. The van der Waals surface area contributed by atoms with Gasteiger partial charge in [0.25, 0.3) is 5.97 Å². The number of nitrogens with zero attached hydrogens (tertiary/aromatic N) is 1. The molecule has 0 spiro atoms. The van der Waals surface area contributed by atoms with Gasteiger partial charge in [0.15, 0.2) is 0 Å². The quantitative estimate of drug-likeness (QED) is 0.697.